The van der Waals surface area contributed by atoms with Gasteiger partial charge in [-0.25, -0.2) is 4.68 Å². The number of quaternary nitrogens is 1. The topological polar surface area (TPSA) is 51.4 Å². The number of nitrogens with one attached hydrogen (secondary N) is 2. The number of likely N-dealkylation sites (N-methyl/N-ethyl adjacent to an activating group) is 1. The van der Waals surface area contributed by atoms with Crippen molar-refractivity contribution in [2.24, 2.45) is 0 Å². The van der Waals surface area contributed by atoms with Crippen molar-refractivity contribution in [3.8, 4) is 5.69 Å². The Bertz CT molecular complexity index is 986. The molecule has 0 bridgehead atoms. The molecule has 0 saturated heterocycles. The average Bonchev–Trinajstić information content (AvgIpc) is 2.93. The van der Waals surface area contributed by atoms with E-state index in [0.717, 1.165) is 27.5 Å². The molecule has 1 heterocycles. The molecule has 146 valence electrons. The summed E-state index contributed by atoms with van der Waals surface area (Å²) < 4.78 is 1.95. The lowest BCUT2D eigenvalue weighted by molar-refractivity contribution is -0.885. The molecule has 0 fully saturated rings. The number of carbonyl (C=O) groups excluding carboxylic acids is 1. The number of benzene rings is 2. The highest BCUT2D eigenvalue weighted by molar-refractivity contribution is 6.36. The van der Waals surface area contributed by atoms with Crippen molar-refractivity contribution < 1.29 is 9.69 Å². The summed E-state index contributed by atoms with van der Waals surface area (Å²) in [6.45, 7) is 5.08. The van der Waals surface area contributed by atoms with Gasteiger partial charge in [0, 0.05) is 5.02 Å². The van der Waals surface area contributed by atoms with Crippen LogP contribution in [0.1, 0.15) is 17.0 Å². The summed E-state index contributed by atoms with van der Waals surface area (Å²) >= 11 is 12.0. The van der Waals surface area contributed by atoms with Gasteiger partial charge in [-0.05, 0) is 44.2 Å². The normalized spacial score (nSPS) is 12.0. The molecule has 1 aromatic heterocycles. The van der Waals surface area contributed by atoms with Crippen molar-refractivity contribution in [2.75, 3.05) is 18.9 Å². The van der Waals surface area contributed by atoms with E-state index in [1.165, 1.54) is 0 Å². The first-order valence-corrected chi connectivity index (χ1v) is 9.77. The van der Waals surface area contributed by atoms with Gasteiger partial charge in [0.05, 0.1) is 40.4 Å². The fourth-order valence-electron chi connectivity index (χ4n) is 3.18. The Kier molecular flexibility index (Phi) is 6.39. The number of hydrogen-bond acceptors (Lipinski definition) is 2. The van der Waals surface area contributed by atoms with Crippen molar-refractivity contribution >= 4 is 34.8 Å². The number of rotatable bonds is 6. The molecule has 1 unspecified atom stereocenters. The van der Waals surface area contributed by atoms with Crippen molar-refractivity contribution in [3.05, 3.63) is 75.5 Å². The van der Waals surface area contributed by atoms with Crippen LogP contribution in [0.4, 0.5) is 5.69 Å². The minimum absolute atomic E-state index is 0.104. The van der Waals surface area contributed by atoms with Crippen molar-refractivity contribution in [3.63, 3.8) is 0 Å². The maximum Gasteiger partial charge on any atom is 0.279 e. The van der Waals surface area contributed by atoms with E-state index < -0.39 is 0 Å². The third kappa shape index (κ3) is 4.73. The molecule has 0 aliphatic rings. The molecule has 0 aliphatic heterocycles. The quantitative estimate of drug-likeness (QED) is 0.645. The molecule has 0 radical (unpaired) electrons. The summed E-state index contributed by atoms with van der Waals surface area (Å²) in [5.74, 6) is -0.104. The van der Waals surface area contributed by atoms with E-state index in [4.69, 9.17) is 23.2 Å². The fraction of sp³-hybridized carbons (Fsp3) is 0.238. The minimum atomic E-state index is -0.104. The number of para-hydroxylation sites is 1. The van der Waals surface area contributed by atoms with Crippen LogP contribution in [0.25, 0.3) is 5.69 Å². The number of anilines is 1. The van der Waals surface area contributed by atoms with Crippen LogP contribution < -0.4 is 10.2 Å². The summed E-state index contributed by atoms with van der Waals surface area (Å²) in [4.78, 5) is 13.5. The van der Waals surface area contributed by atoms with Gasteiger partial charge in [0.2, 0.25) is 0 Å². The zero-order chi connectivity index (χ0) is 20.3. The van der Waals surface area contributed by atoms with Gasteiger partial charge in [0.1, 0.15) is 6.54 Å². The largest absolute Gasteiger partial charge is 0.326 e. The van der Waals surface area contributed by atoms with Crippen LogP contribution >= 0.6 is 23.2 Å². The van der Waals surface area contributed by atoms with Gasteiger partial charge >= 0.3 is 0 Å². The lowest BCUT2D eigenvalue weighted by Crippen LogP contribution is -3.08. The maximum atomic E-state index is 12.4. The first kappa shape index (κ1) is 20.4. The van der Waals surface area contributed by atoms with Crippen LogP contribution in [0.5, 0.6) is 0 Å². The zero-order valence-corrected chi connectivity index (χ0v) is 17.6. The number of aryl methyl sites for hydroxylation is 1. The number of amides is 1. The Hall–Kier alpha value is -2.34. The summed E-state index contributed by atoms with van der Waals surface area (Å²) in [7, 11) is 1.99. The predicted octanol–water partition coefficient (Wildman–Crippen LogP) is 3.45. The van der Waals surface area contributed by atoms with Crippen molar-refractivity contribution in [2.45, 2.75) is 20.4 Å². The summed E-state index contributed by atoms with van der Waals surface area (Å²) in [6.07, 6.45) is 0. The van der Waals surface area contributed by atoms with Gasteiger partial charge in [-0.3, -0.25) is 4.79 Å². The standard InChI is InChI=1S/C21H22Cl2N4O/c1-14-18(15(2)27(25-14)17-7-5-4-6-8-17)12-26(3)13-21(28)24-20-10-9-16(22)11-19(20)23/h4-11H,12-13H2,1-3H3,(H,24,28)/p+1. The van der Waals surface area contributed by atoms with Crippen LogP contribution in [-0.4, -0.2) is 29.3 Å². The highest BCUT2D eigenvalue weighted by Gasteiger charge is 2.18. The van der Waals surface area contributed by atoms with Crippen LogP contribution in [0.15, 0.2) is 48.5 Å². The number of halogens is 2. The first-order chi connectivity index (χ1) is 13.3. The molecular weight excluding hydrogens is 395 g/mol. The lowest BCUT2D eigenvalue weighted by Gasteiger charge is -2.15. The van der Waals surface area contributed by atoms with E-state index >= 15 is 0 Å². The average molecular weight is 418 g/mol. The Morgan fingerprint density at radius 3 is 2.54 bits per heavy atom. The maximum absolute atomic E-state index is 12.4. The zero-order valence-electron chi connectivity index (χ0n) is 16.1. The molecule has 0 saturated carbocycles. The summed E-state index contributed by atoms with van der Waals surface area (Å²) in [6, 6.07) is 15.1. The van der Waals surface area contributed by atoms with Gasteiger partial charge in [-0.1, -0.05) is 41.4 Å². The minimum Gasteiger partial charge on any atom is -0.326 e. The van der Waals surface area contributed by atoms with Gasteiger partial charge in [-0.2, -0.15) is 5.10 Å². The SMILES string of the molecule is Cc1nn(-c2ccccc2)c(C)c1C[NH+](C)CC(=O)Nc1ccc(Cl)cc1Cl. The third-order valence-corrected chi connectivity index (χ3v) is 5.14. The lowest BCUT2D eigenvalue weighted by atomic mass is 10.2. The third-order valence-electron chi connectivity index (χ3n) is 4.59. The highest BCUT2D eigenvalue weighted by Crippen LogP contribution is 2.25. The van der Waals surface area contributed by atoms with Crippen LogP contribution in [-0.2, 0) is 11.3 Å². The summed E-state index contributed by atoms with van der Waals surface area (Å²) in [5, 5.41) is 8.48. The fourth-order valence-corrected chi connectivity index (χ4v) is 3.63. The molecule has 0 spiro atoms. The van der Waals surface area contributed by atoms with E-state index in [9.17, 15) is 4.79 Å². The van der Waals surface area contributed by atoms with Gasteiger partial charge in [0.25, 0.3) is 5.91 Å². The van der Waals surface area contributed by atoms with Gasteiger partial charge in [-0.15, -0.1) is 0 Å². The smallest absolute Gasteiger partial charge is 0.279 e. The van der Waals surface area contributed by atoms with Crippen LogP contribution in [0, 0.1) is 13.8 Å². The predicted molar refractivity (Wildman–Crippen MR) is 114 cm³/mol. The van der Waals surface area contributed by atoms with Crippen molar-refractivity contribution in [1.29, 1.82) is 0 Å². The molecule has 7 heteroatoms. The van der Waals surface area contributed by atoms with Crippen LogP contribution in [0.2, 0.25) is 10.0 Å². The number of carbonyl (C=O) groups is 1. The molecule has 2 aromatic carbocycles. The summed E-state index contributed by atoms with van der Waals surface area (Å²) in [5.41, 5.74) is 4.81. The molecule has 28 heavy (non-hydrogen) atoms. The van der Waals surface area contributed by atoms with Gasteiger partial charge in [0.15, 0.2) is 6.54 Å². The second-order valence-electron chi connectivity index (χ2n) is 6.88. The first-order valence-electron chi connectivity index (χ1n) is 9.02. The molecular formula is C21H23Cl2N4O+. The Balaban J connectivity index is 1.67. The molecule has 1 amide bonds. The second-order valence-corrected chi connectivity index (χ2v) is 7.72. The highest BCUT2D eigenvalue weighted by atomic mass is 35.5. The number of hydrogen-bond donors (Lipinski definition) is 2. The molecule has 3 aromatic rings. The van der Waals surface area contributed by atoms with Gasteiger partial charge < -0.3 is 10.2 Å². The molecule has 5 nitrogen and oxygen atoms in total. The number of aromatic nitrogens is 2. The van der Waals surface area contributed by atoms with Crippen LogP contribution in [0.3, 0.4) is 0 Å². The van der Waals surface area contributed by atoms with E-state index in [1.807, 2.05) is 49.0 Å². The monoisotopic (exact) mass is 417 g/mol. The second kappa shape index (κ2) is 8.78. The molecule has 3 rings (SSSR count). The molecule has 1 atom stereocenters. The number of nitrogens with zero attached hydrogens (tertiary/aromatic N) is 2. The Labute approximate surface area is 174 Å². The van der Waals surface area contributed by atoms with E-state index in [0.29, 0.717) is 28.8 Å². The van der Waals surface area contributed by atoms with E-state index in [1.54, 1.807) is 18.2 Å². The Morgan fingerprint density at radius 1 is 1.14 bits per heavy atom. The molecule has 2 N–H and O–H groups in total. The molecule has 0 aliphatic carbocycles. The van der Waals surface area contributed by atoms with E-state index in [2.05, 4.69) is 17.3 Å². The van der Waals surface area contributed by atoms with Crippen molar-refractivity contribution in [1.82, 2.24) is 9.78 Å². The Morgan fingerprint density at radius 2 is 1.86 bits per heavy atom. The van der Waals surface area contributed by atoms with E-state index in [-0.39, 0.29) is 5.91 Å².